The number of nitrogens with zero attached hydrogens (tertiary/aromatic N) is 1. The van der Waals surface area contributed by atoms with Crippen LogP contribution < -0.4 is 4.74 Å². The van der Waals surface area contributed by atoms with Crippen LogP contribution in [0.15, 0.2) is 28.8 Å². The highest BCUT2D eigenvalue weighted by molar-refractivity contribution is 6.33. The van der Waals surface area contributed by atoms with Gasteiger partial charge in [0.1, 0.15) is 24.7 Å². The third kappa shape index (κ3) is 3.33. The number of ether oxygens (including phenoxy) is 2. The van der Waals surface area contributed by atoms with Crippen molar-refractivity contribution in [1.29, 1.82) is 0 Å². The molecular formula is C13H12ClNO4. The van der Waals surface area contributed by atoms with Crippen molar-refractivity contribution in [2.75, 3.05) is 7.11 Å². The van der Waals surface area contributed by atoms with Crippen molar-refractivity contribution >= 4 is 17.9 Å². The number of benzene rings is 1. The topological polar surface area (TPSA) is 61.6 Å². The molecule has 0 spiro atoms. The van der Waals surface area contributed by atoms with Crippen molar-refractivity contribution in [2.24, 2.45) is 0 Å². The molecular weight excluding hydrogens is 270 g/mol. The minimum Gasteiger partial charge on any atom is -0.486 e. The van der Waals surface area contributed by atoms with E-state index in [1.807, 2.05) is 0 Å². The first-order valence-electron chi connectivity index (χ1n) is 5.54. The molecule has 1 aromatic heterocycles. The maximum Gasteiger partial charge on any atom is 0.162 e. The van der Waals surface area contributed by atoms with Crippen molar-refractivity contribution in [1.82, 2.24) is 5.16 Å². The Kier molecular flexibility index (Phi) is 4.54. The molecule has 0 aliphatic carbocycles. The van der Waals surface area contributed by atoms with Gasteiger partial charge in [-0.1, -0.05) is 22.8 Å². The average molecular weight is 282 g/mol. The second-order valence-electron chi connectivity index (χ2n) is 3.78. The highest BCUT2D eigenvalue weighted by atomic mass is 35.5. The summed E-state index contributed by atoms with van der Waals surface area (Å²) in [5.74, 6) is 1.03. The first-order valence-corrected chi connectivity index (χ1v) is 5.92. The van der Waals surface area contributed by atoms with E-state index < -0.39 is 0 Å². The SMILES string of the molecule is COCc1cc(COc2cccc(Cl)c2C=O)no1. The van der Waals surface area contributed by atoms with Crippen molar-refractivity contribution in [3.63, 3.8) is 0 Å². The standard InChI is InChI=1S/C13H12ClNO4/c1-17-8-10-5-9(15-19-10)7-18-13-4-2-3-12(14)11(13)6-16/h2-6H,7-8H2,1H3. The number of hydrogen-bond donors (Lipinski definition) is 0. The van der Waals surface area contributed by atoms with Crippen LogP contribution in [0.4, 0.5) is 0 Å². The summed E-state index contributed by atoms with van der Waals surface area (Å²) in [4.78, 5) is 10.9. The van der Waals surface area contributed by atoms with Crippen LogP contribution in [-0.2, 0) is 18.0 Å². The first kappa shape index (κ1) is 13.6. The van der Waals surface area contributed by atoms with Gasteiger partial charge in [0.05, 0.1) is 10.6 Å². The Balaban J connectivity index is 2.05. The maximum atomic E-state index is 10.9. The molecule has 0 aliphatic rings. The minimum atomic E-state index is 0.189. The average Bonchev–Trinajstić information content (AvgIpc) is 2.84. The van der Waals surface area contributed by atoms with Crippen LogP contribution in [-0.4, -0.2) is 18.6 Å². The minimum absolute atomic E-state index is 0.189. The van der Waals surface area contributed by atoms with Gasteiger partial charge in [-0.25, -0.2) is 0 Å². The third-order valence-corrected chi connectivity index (χ3v) is 2.73. The van der Waals surface area contributed by atoms with Gasteiger partial charge < -0.3 is 14.0 Å². The van der Waals surface area contributed by atoms with Gasteiger partial charge in [0.25, 0.3) is 0 Å². The van der Waals surface area contributed by atoms with Crippen molar-refractivity contribution in [2.45, 2.75) is 13.2 Å². The number of carbonyl (C=O) groups is 1. The zero-order valence-corrected chi connectivity index (χ0v) is 11.0. The second kappa shape index (κ2) is 6.36. The van der Waals surface area contributed by atoms with Crippen molar-refractivity contribution < 1.29 is 18.8 Å². The molecule has 0 bridgehead atoms. The first-order chi connectivity index (χ1) is 9.24. The quantitative estimate of drug-likeness (QED) is 0.762. The summed E-state index contributed by atoms with van der Waals surface area (Å²) < 4.78 is 15.4. The zero-order valence-electron chi connectivity index (χ0n) is 10.3. The van der Waals surface area contributed by atoms with E-state index in [4.69, 9.17) is 25.6 Å². The molecule has 6 heteroatoms. The monoisotopic (exact) mass is 281 g/mol. The lowest BCUT2D eigenvalue weighted by Gasteiger charge is -2.07. The summed E-state index contributed by atoms with van der Waals surface area (Å²) in [5.41, 5.74) is 0.939. The lowest BCUT2D eigenvalue weighted by Crippen LogP contribution is -1.98. The van der Waals surface area contributed by atoms with Gasteiger partial charge in [-0.15, -0.1) is 0 Å². The highest BCUT2D eigenvalue weighted by Gasteiger charge is 2.09. The number of rotatable bonds is 6. The van der Waals surface area contributed by atoms with E-state index in [1.165, 1.54) is 0 Å². The molecule has 0 N–H and O–H groups in total. The fourth-order valence-electron chi connectivity index (χ4n) is 1.54. The Hall–Kier alpha value is -1.85. The van der Waals surface area contributed by atoms with Gasteiger partial charge in [0.2, 0.25) is 0 Å². The third-order valence-electron chi connectivity index (χ3n) is 2.40. The van der Waals surface area contributed by atoms with Crippen LogP contribution in [0.5, 0.6) is 5.75 Å². The molecule has 0 atom stereocenters. The zero-order chi connectivity index (χ0) is 13.7. The van der Waals surface area contributed by atoms with E-state index in [-0.39, 0.29) is 6.61 Å². The molecule has 0 aliphatic heterocycles. The molecule has 19 heavy (non-hydrogen) atoms. The van der Waals surface area contributed by atoms with Crippen LogP contribution in [0.2, 0.25) is 5.02 Å². The van der Waals surface area contributed by atoms with E-state index in [1.54, 1.807) is 31.4 Å². The van der Waals surface area contributed by atoms with Gasteiger partial charge in [-0.2, -0.15) is 0 Å². The number of aromatic nitrogens is 1. The molecule has 0 amide bonds. The van der Waals surface area contributed by atoms with Gasteiger partial charge in [0, 0.05) is 13.2 Å². The van der Waals surface area contributed by atoms with Crippen LogP contribution in [0.25, 0.3) is 0 Å². The van der Waals surface area contributed by atoms with E-state index in [9.17, 15) is 4.79 Å². The summed E-state index contributed by atoms with van der Waals surface area (Å²) in [5, 5.41) is 4.18. The number of halogens is 1. The number of carbonyl (C=O) groups excluding carboxylic acids is 1. The van der Waals surface area contributed by atoms with E-state index in [0.717, 1.165) is 0 Å². The summed E-state index contributed by atoms with van der Waals surface area (Å²) in [6.45, 7) is 0.540. The second-order valence-corrected chi connectivity index (χ2v) is 4.18. The highest BCUT2D eigenvalue weighted by Crippen LogP contribution is 2.25. The van der Waals surface area contributed by atoms with Crippen LogP contribution in [0.3, 0.4) is 0 Å². The summed E-state index contributed by atoms with van der Waals surface area (Å²) in [7, 11) is 1.57. The molecule has 0 saturated heterocycles. The van der Waals surface area contributed by atoms with E-state index >= 15 is 0 Å². The van der Waals surface area contributed by atoms with Gasteiger partial charge in [-0.05, 0) is 12.1 Å². The Morgan fingerprint density at radius 2 is 2.26 bits per heavy atom. The number of hydrogen-bond acceptors (Lipinski definition) is 5. The van der Waals surface area contributed by atoms with Gasteiger partial charge in [-0.3, -0.25) is 4.79 Å². The van der Waals surface area contributed by atoms with Crippen LogP contribution in [0.1, 0.15) is 21.8 Å². The Morgan fingerprint density at radius 3 is 3.00 bits per heavy atom. The van der Waals surface area contributed by atoms with Gasteiger partial charge in [0.15, 0.2) is 12.0 Å². The Labute approximate surface area is 115 Å². The smallest absolute Gasteiger partial charge is 0.162 e. The fourth-order valence-corrected chi connectivity index (χ4v) is 1.75. The van der Waals surface area contributed by atoms with E-state index in [2.05, 4.69) is 5.16 Å². The lowest BCUT2D eigenvalue weighted by molar-refractivity contribution is 0.111. The fraction of sp³-hybridized carbons (Fsp3) is 0.231. The molecule has 0 unspecified atom stereocenters. The van der Waals surface area contributed by atoms with Gasteiger partial charge >= 0.3 is 0 Å². The summed E-state index contributed by atoms with van der Waals surface area (Å²) in [6, 6.07) is 6.75. The predicted molar refractivity (Wildman–Crippen MR) is 68.4 cm³/mol. The number of aldehydes is 1. The van der Waals surface area contributed by atoms with Crippen molar-refractivity contribution in [3.05, 3.63) is 46.3 Å². The molecule has 1 heterocycles. The normalized spacial score (nSPS) is 10.4. The summed E-state index contributed by atoms with van der Waals surface area (Å²) >= 11 is 5.89. The molecule has 2 rings (SSSR count). The molecule has 2 aromatic rings. The Bertz CT molecular complexity index is 568. The molecule has 0 fully saturated rings. The summed E-state index contributed by atoms with van der Waals surface area (Å²) in [6.07, 6.45) is 0.664. The molecule has 0 radical (unpaired) electrons. The van der Waals surface area contributed by atoms with Crippen LogP contribution in [0, 0.1) is 0 Å². The largest absolute Gasteiger partial charge is 0.486 e. The lowest BCUT2D eigenvalue weighted by atomic mass is 10.2. The maximum absolute atomic E-state index is 10.9. The molecule has 5 nitrogen and oxygen atoms in total. The molecule has 0 saturated carbocycles. The molecule has 100 valence electrons. The van der Waals surface area contributed by atoms with E-state index in [0.29, 0.717) is 40.7 Å². The predicted octanol–water partition coefficient (Wildman–Crippen LogP) is 2.87. The number of methoxy groups -OCH3 is 1. The van der Waals surface area contributed by atoms with Crippen molar-refractivity contribution in [3.8, 4) is 5.75 Å². The van der Waals surface area contributed by atoms with Crippen LogP contribution >= 0.6 is 11.6 Å². The molecule has 1 aromatic carbocycles. The Morgan fingerprint density at radius 1 is 1.42 bits per heavy atom.